The van der Waals surface area contributed by atoms with Crippen molar-refractivity contribution in [1.82, 2.24) is 15.1 Å². The lowest BCUT2D eigenvalue weighted by molar-refractivity contribution is -0.130. The quantitative estimate of drug-likeness (QED) is 0.348. The Morgan fingerprint density at radius 2 is 2.02 bits per heavy atom. The number of methoxy groups -OCH3 is 1. The van der Waals surface area contributed by atoms with E-state index in [-0.39, 0.29) is 17.6 Å². The maximum Gasteiger partial charge on any atom is 0.225 e. The highest BCUT2D eigenvalue weighted by atomic mass is 32.2. The van der Waals surface area contributed by atoms with Crippen molar-refractivity contribution in [2.75, 3.05) is 25.2 Å². The zero-order valence-corrected chi connectivity index (χ0v) is 23.9. The van der Waals surface area contributed by atoms with Crippen molar-refractivity contribution in [2.45, 2.75) is 54.5 Å². The average molecular weight is 576 g/mol. The number of benzene rings is 2. The molecule has 1 aromatic heterocycles. The van der Waals surface area contributed by atoms with Crippen LogP contribution in [0.5, 0.6) is 0 Å². The molecular formula is C31H34FN5O3S. The molecule has 0 radical (unpaired) electrons. The summed E-state index contributed by atoms with van der Waals surface area (Å²) in [4.78, 5) is 16.1. The number of fused-ring (bicyclic) bond motifs is 1. The Morgan fingerprint density at radius 3 is 2.78 bits per heavy atom. The van der Waals surface area contributed by atoms with E-state index in [0.29, 0.717) is 17.9 Å². The van der Waals surface area contributed by atoms with E-state index in [1.807, 2.05) is 42.5 Å². The number of nitrogens with zero attached hydrogens (tertiary/aromatic N) is 3. The molecule has 3 aromatic rings. The summed E-state index contributed by atoms with van der Waals surface area (Å²) in [5.41, 5.74) is 8.30. The molecule has 41 heavy (non-hydrogen) atoms. The normalized spacial score (nSPS) is 18.6. The smallest absolute Gasteiger partial charge is 0.225 e. The number of aromatic nitrogens is 2. The van der Waals surface area contributed by atoms with Crippen molar-refractivity contribution in [3.63, 3.8) is 0 Å². The highest BCUT2D eigenvalue weighted by Crippen LogP contribution is 2.30. The Morgan fingerprint density at radius 1 is 1.22 bits per heavy atom. The van der Waals surface area contributed by atoms with Crippen LogP contribution >= 0.6 is 0 Å². The number of amides is 1. The van der Waals surface area contributed by atoms with Crippen LogP contribution in [0.3, 0.4) is 0 Å². The second kappa shape index (κ2) is 12.7. The van der Waals surface area contributed by atoms with Crippen molar-refractivity contribution in [2.24, 2.45) is 0 Å². The van der Waals surface area contributed by atoms with Gasteiger partial charge in [0.25, 0.3) is 0 Å². The van der Waals surface area contributed by atoms with Gasteiger partial charge in [0.05, 0.1) is 35.6 Å². The lowest BCUT2D eigenvalue weighted by atomic mass is 10.00. The molecule has 3 unspecified atom stereocenters. The number of hydrogen-bond acceptors (Lipinski definition) is 7. The Balaban J connectivity index is 1.39. The molecule has 5 rings (SSSR count). The second-order valence-corrected chi connectivity index (χ2v) is 12.1. The zero-order valence-electron chi connectivity index (χ0n) is 23.1. The van der Waals surface area contributed by atoms with Crippen molar-refractivity contribution < 1.29 is 18.1 Å². The van der Waals surface area contributed by atoms with Gasteiger partial charge in [-0.15, -0.1) is 5.10 Å². The van der Waals surface area contributed by atoms with Crippen LogP contribution in [0.15, 0.2) is 89.3 Å². The molecule has 0 spiro atoms. The van der Waals surface area contributed by atoms with Crippen LogP contribution in [0.1, 0.15) is 31.2 Å². The van der Waals surface area contributed by atoms with Crippen LogP contribution in [0.4, 0.5) is 15.9 Å². The fourth-order valence-corrected chi connectivity index (χ4v) is 6.70. The van der Waals surface area contributed by atoms with Crippen LogP contribution in [0.25, 0.3) is 10.8 Å². The van der Waals surface area contributed by atoms with Gasteiger partial charge in [-0.1, -0.05) is 30.7 Å². The first kappa shape index (κ1) is 28.6. The van der Waals surface area contributed by atoms with Crippen molar-refractivity contribution in [3.8, 4) is 0 Å². The molecule has 0 bridgehead atoms. The summed E-state index contributed by atoms with van der Waals surface area (Å²) in [6.45, 7) is 0.333. The molecule has 1 fully saturated rings. The number of allylic oxidation sites excluding steroid dienone is 2. The number of ether oxygens (including phenoxy) is 1. The van der Waals surface area contributed by atoms with Crippen LogP contribution < -0.4 is 11.1 Å². The fraction of sp³-hybridized carbons (Fsp3) is 0.323. The highest BCUT2D eigenvalue weighted by Gasteiger charge is 2.27. The summed E-state index contributed by atoms with van der Waals surface area (Å²) < 4.78 is 32.9. The molecule has 8 nitrogen and oxygen atoms in total. The van der Waals surface area contributed by atoms with Gasteiger partial charge in [-0.25, -0.2) is 4.39 Å². The number of nitrogens with one attached hydrogen (secondary N) is 1. The van der Waals surface area contributed by atoms with Gasteiger partial charge in [-0.05, 0) is 66.5 Å². The zero-order chi connectivity index (χ0) is 28.9. The molecule has 2 aliphatic carbocycles. The summed E-state index contributed by atoms with van der Waals surface area (Å²) in [5, 5.41) is 13.1. The predicted molar refractivity (Wildman–Crippen MR) is 160 cm³/mol. The maximum atomic E-state index is 14.3. The van der Waals surface area contributed by atoms with E-state index in [1.54, 1.807) is 30.3 Å². The third-order valence-electron chi connectivity index (χ3n) is 7.58. The standard InChI is InChI=1S/C31H34FN5O3S/c1-37(19-21-6-3-4-9-29(21)41(39)26-7-5-8-26)30(38)17-28(20-10-11-23(32)16-25(15-20)40-2)35-24-12-13-27-22(14-24)18-34-36-31(27)33/h3-4,6,9-16,18,25-26,28,35H,5,7-8,17,19H2,1-2H3,(H2,33,36). The SMILES string of the molecule is COC1C=C(F)C=CC(C(CC(=O)N(C)Cc2ccccc2S(=O)C2CCC2)Nc2ccc3c(N)nncc3c2)=C1. The number of anilines is 2. The monoisotopic (exact) mass is 575 g/mol. The van der Waals surface area contributed by atoms with Crippen LogP contribution in [0, 0.1) is 0 Å². The van der Waals surface area contributed by atoms with Gasteiger partial charge in [0.1, 0.15) is 5.83 Å². The van der Waals surface area contributed by atoms with Gasteiger partial charge in [0, 0.05) is 47.3 Å². The summed E-state index contributed by atoms with van der Waals surface area (Å²) in [7, 11) is 2.17. The van der Waals surface area contributed by atoms with E-state index in [1.165, 1.54) is 19.3 Å². The Hall–Kier alpha value is -3.89. The molecule has 1 amide bonds. The van der Waals surface area contributed by atoms with E-state index in [2.05, 4.69) is 15.5 Å². The molecule has 1 saturated carbocycles. The predicted octanol–water partition coefficient (Wildman–Crippen LogP) is 5.07. The lowest BCUT2D eigenvalue weighted by Crippen LogP contribution is -2.34. The largest absolute Gasteiger partial charge is 0.382 e. The van der Waals surface area contributed by atoms with Crippen LogP contribution in [0.2, 0.25) is 0 Å². The van der Waals surface area contributed by atoms with Gasteiger partial charge in [-0.2, -0.15) is 5.10 Å². The average Bonchev–Trinajstić information content (AvgIpc) is 3.13. The van der Waals surface area contributed by atoms with Gasteiger partial charge >= 0.3 is 0 Å². The Labute approximate surface area is 241 Å². The molecule has 10 heteroatoms. The molecule has 214 valence electrons. The summed E-state index contributed by atoms with van der Waals surface area (Å²) >= 11 is 0. The molecule has 1 heterocycles. The van der Waals surface area contributed by atoms with Gasteiger partial charge in [0.2, 0.25) is 5.91 Å². The maximum absolute atomic E-state index is 14.3. The van der Waals surface area contributed by atoms with Gasteiger partial charge in [-0.3, -0.25) is 9.00 Å². The van der Waals surface area contributed by atoms with E-state index >= 15 is 0 Å². The van der Waals surface area contributed by atoms with Crippen LogP contribution in [-0.2, 0) is 26.9 Å². The molecule has 0 saturated heterocycles. The first-order valence-electron chi connectivity index (χ1n) is 13.6. The second-order valence-electron chi connectivity index (χ2n) is 10.4. The number of nitrogens with two attached hydrogens (primary N) is 1. The minimum absolute atomic E-state index is 0.0907. The Kier molecular flexibility index (Phi) is 8.90. The molecule has 2 aliphatic rings. The molecular weight excluding hydrogens is 541 g/mol. The number of nitrogen functional groups attached to an aromatic ring is 1. The van der Waals surface area contributed by atoms with Crippen molar-refractivity contribution in [3.05, 3.63) is 89.9 Å². The summed E-state index contributed by atoms with van der Waals surface area (Å²) in [5.74, 6) is -0.204. The minimum atomic E-state index is -1.09. The molecule has 2 aromatic carbocycles. The van der Waals surface area contributed by atoms with Crippen LogP contribution in [-0.4, -0.2) is 56.8 Å². The summed E-state index contributed by atoms with van der Waals surface area (Å²) in [6.07, 6.45) is 10.4. The lowest BCUT2D eigenvalue weighted by Gasteiger charge is -2.27. The fourth-order valence-electron chi connectivity index (χ4n) is 4.97. The van der Waals surface area contributed by atoms with Gasteiger partial charge in [0.15, 0.2) is 5.82 Å². The van der Waals surface area contributed by atoms with Crippen molar-refractivity contribution >= 4 is 39.0 Å². The Bertz CT molecular complexity index is 1550. The topological polar surface area (TPSA) is 110 Å². The highest BCUT2D eigenvalue weighted by molar-refractivity contribution is 7.85. The van der Waals surface area contributed by atoms with Gasteiger partial charge < -0.3 is 20.7 Å². The van der Waals surface area contributed by atoms with E-state index in [0.717, 1.165) is 46.2 Å². The summed E-state index contributed by atoms with van der Waals surface area (Å²) in [6, 6.07) is 12.7. The number of carbonyl (C=O) groups excluding carboxylic acids is 1. The third kappa shape index (κ3) is 6.71. The molecule has 3 atom stereocenters. The molecule has 0 aliphatic heterocycles. The number of halogens is 1. The number of hydrogen-bond donors (Lipinski definition) is 2. The van der Waals surface area contributed by atoms with E-state index < -0.39 is 28.8 Å². The number of rotatable bonds is 10. The van der Waals surface area contributed by atoms with E-state index in [9.17, 15) is 13.4 Å². The van der Waals surface area contributed by atoms with Crippen molar-refractivity contribution in [1.29, 1.82) is 0 Å². The van der Waals surface area contributed by atoms with E-state index in [4.69, 9.17) is 10.5 Å². The number of carbonyl (C=O) groups is 1. The minimum Gasteiger partial charge on any atom is -0.382 e. The first-order chi connectivity index (χ1) is 19.8. The third-order valence-corrected chi connectivity index (χ3v) is 9.49. The first-order valence-corrected chi connectivity index (χ1v) is 14.8. The molecule has 3 N–H and O–H groups in total.